The van der Waals surface area contributed by atoms with Crippen LogP contribution in [0.2, 0.25) is 0 Å². The molecule has 13 heavy (non-hydrogen) atoms. The summed E-state index contributed by atoms with van der Waals surface area (Å²) >= 11 is 0. The number of alkyl halides is 3. The lowest BCUT2D eigenvalue weighted by atomic mass is 10.00. The number of hydrogen-bond donors (Lipinski definition) is 1. The van der Waals surface area contributed by atoms with E-state index in [1.807, 2.05) is 0 Å². The molecule has 1 fully saturated rings. The number of nitrogens with two attached hydrogens (primary N) is 1. The zero-order valence-electron chi connectivity index (χ0n) is 6.97. The number of piperidine rings is 1. The number of nitrogens with zero attached hydrogens (tertiary/aromatic N) is 1. The first-order chi connectivity index (χ1) is 5.93. The third-order valence-electron chi connectivity index (χ3n) is 2.13. The first kappa shape index (κ1) is 10.5. The van der Waals surface area contributed by atoms with E-state index in [0.29, 0.717) is 13.0 Å². The Morgan fingerprint density at radius 1 is 1.38 bits per heavy atom. The van der Waals surface area contributed by atoms with E-state index in [1.54, 1.807) is 0 Å². The molecule has 0 aromatic rings. The predicted octanol–water partition coefficient (Wildman–Crippen LogP) is 0.846. The fourth-order valence-electron chi connectivity index (χ4n) is 1.42. The van der Waals surface area contributed by atoms with Gasteiger partial charge in [-0.25, -0.2) is 5.01 Å². The quantitative estimate of drug-likeness (QED) is 0.632. The smallest absolute Gasteiger partial charge is 0.288 e. The molecule has 6 heteroatoms. The number of ketones is 1. The van der Waals surface area contributed by atoms with Gasteiger partial charge in [-0.2, -0.15) is 13.2 Å². The van der Waals surface area contributed by atoms with E-state index in [-0.39, 0.29) is 6.42 Å². The van der Waals surface area contributed by atoms with Crippen molar-refractivity contribution in [2.24, 2.45) is 5.84 Å². The third kappa shape index (κ3) is 2.41. The van der Waals surface area contributed by atoms with Crippen molar-refractivity contribution in [2.45, 2.75) is 31.5 Å². The Morgan fingerprint density at radius 3 is 2.46 bits per heavy atom. The molecule has 0 radical (unpaired) electrons. The number of hydrogen-bond acceptors (Lipinski definition) is 3. The van der Waals surface area contributed by atoms with Crippen LogP contribution in [0.5, 0.6) is 0 Å². The van der Waals surface area contributed by atoms with Crippen LogP contribution < -0.4 is 5.84 Å². The lowest BCUT2D eigenvalue weighted by molar-refractivity contribution is -0.178. The normalized spacial score (nSPS) is 26.0. The Hall–Kier alpha value is -0.620. The summed E-state index contributed by atoms with van der Waals surface area (Å²) in [6.07, 6.45) is -3.19. The molecule has 3 nitrogen and oxygen atoms in total. The van der Waals surface area contributed by atoms with Crippen molar-refractivity contribution in [3.8, 4) is 0 Å². The van der Waals surface area contributed by atoms with Gasteiger partial charge in [-0.05, 0) is 12.8 Å². The van der Waals surface area contributed by atoms with Crippen molar-refractivity contribution in [3.05, 3.63) is 0 Å². The Morgan fingerprint density at radius 2 is 2.00 bits per heavy atom. The van der Waals surface area contributed by atoms with Gasteiger partial charge in [0.1, 0.15) is 0 Å². The number of rotatable bonds is 1. The fourth-order valence-corrected chi connectivity index (χ4v) is 1.42. The zero-order chi connectivity index (χ0) is 10.1. The van der Waals surface area contributed by atoms with Crippen molar-refractivity contribution in [1.29, 1.82) is 0 Å². The highest BCUT2D eigenvalue weighted by Crippen LogP contribution is 2.24. The minimum Gasteiger partial charge on any atom is -0.288 e. The average molecular weight is 196 g/mol. The Kier molecular flexibility index (Phi) is 2.92. The lowest BCUT2D eigenvalue weighted by Gasteiger charge is -2.30. The van der Waals surface area contributed by atoms with Crippen LogP contribution in [0.25, 0.3) is 0 Å². The van der Waals surface area contributed by atoms with Crippen LogP contribution in [0.4, 0.5) is 13.2 Å². The molecule has 1 atom stereocenters. The van der Waals surface area contributed by atoms with Gasteiger partial charge in [-0.1, -0.05) is 6.42 Å². The monoisotopic (exact) mass is 196 g/mol. The molecule has 0 saturated carbocycles. The molecule has 1 heterocycles. The van der Waals surface area contributed by atoms with E-state index in [0.717, 1.165) is 11.4 Å². The van der Waals surface area contributed by atoms with Gasteiger partial charge in [0.05, 0.1) is 6.04 Å². The number of carbonyl (C=O) groups excluding carboxylic acids is 1. The summed E-state index contributed by atoms with van der Waals surface area (Å²) in [4.78, 5) is 10.8. The van der Waals surface area contributed by atoms with Crippen LogP contribution in [0.15, 0.2) is 0 Å². The molecule has 1 unspecified atom stereocenters. The van der Waals surface area contributed by atoms with Crippen molar-refractivity contribution in [3.63, 3.8) is 0 Å². The maximum atomic E-state index is 12.0. The van der Waals surface area contributed by atoms with E-state index in [4.69, 9.17) is 5.84 Å². The Balaban J connectivity index is 2.64. The maximum absolute atomic E-state index is 12.0. The van der Waals surface area contributed by atoms with Gasteiger partial charge in [0.2, 0.25) is 0 Å². The topological polar surface area (TPSA) is 46.3 Å². The Labute approximate surface area is 73.7 Å². The second-order valence-corrected chi connectivity index (χ2v) is 3.11. The molecule has 76 valence electrons. The number of halogens is 3. The highest BCUT2D eigenvalue weighted by molar-refractivity contribution is 5.89. The first-order valence-corrected chi connectivity index (χ1v) is 4.05. The molecule has 0 bridgehead atoms. The van der Waals surface area contributed by atoms with Crippen LogP contribution in [0.3, 0.4) is 0 Å². The largest absolute Gasteiger partial charge is 0.451 e. The van der Waals surface area contributed by atoms with E-state index in [2.05, 4.69) is 0 Å². The molecule has 0 aromatic carbocycles. The van der Waals surface area contributed by atoms with Crippen molar-refractivity contribution >= 4 is 5.78 Å². The van der Waals surface area contributed by atoms with Crippen LogP contribution in [-0.2, 0) is 4.79 Å². The zero-order valence-corrected chi connectivity index (χ0v) is 6.97. The summed E-state index contributed by atoms with van der Waals surface area (Å²) < 4.78 is 35.9. The summed E-state index contributed by atoms with van der Waals surface area (Å²) in [5.74, 6) is 3.56. The molecular weight excluding hydrogens is 185 g/mol. The molecule has 1 aliphatic rings. The molecule has 0 aliphatic carbocycles. The number of Topliss-reactive ketones (excluding diaryl/α,β-unsaturated/α-hetero) is 1. The van der Waals surface area contributed by atoms with Crippen molar-refractivity contribution < 1.29 is 18.0 Å². The first-order valence-electron chi connectivity index (χ1n) is 4.05. The average Bonchev–Trinajstić information content (AvgIpc) is 2.02. The van der Waals surface area contributed by atoms with Gasteiger partial charge in [-0.3, -0.25) is 10.6 Å². The molecule has 1 rings (SSSR count). The third-order valence-corrected chi connectivity index (χ3v) is 2.13. The summed E-state index contributed by atoms with van der Waals surface area (Å²) in [6.45, 7) is 0.354. The molecule has 0 spiro atoms. The van der Waals surface area contributed by atoms with E-state index >= 15 is 0 Å². The predicted molar refractivity (Wildman–Crippen MR) is 39.6 cm³/mol. The lowest BCUT2D eigenvalue weighted by Crippen LogP contribution is -2.52. The van der Waals surface area contributed by atoms with Crippen LogP contribution in [-0.4, -0.2) is 29.6 Å². The van der Waals surface area contributed by atoms with E-state index in [9.17, 15) is 18.0 Å². The van der Waals surface area contributed by atoms with Crippen LogP contribution in [0, 0.1) is 0 Å². The molecule has 1 saturated heterocycles. The van der Waals surface area contributed by atoms with Crippen molar-refractivity contribution in [2.75, 3.05) is 6.54 Å². The van der Waals surface area contributed by atoms with Gasteiger partial charge in [0, 0.05) is 6.54 Å². The molecule has 2 N–H and O–H groups in total. The standard InChI is InChI=1S/C7H11F3N2O/c8-7(9,10)6(13)5-3-1-2-4-12(5)11/h5H,1-4,11H2. The molecule has 1 aliphatic heterocycles. The minimum atomic E-state index is -4.76. The van der Waals surface area contributed by atoms with Gasteiger partial charge in [0.25, 0.3) is 5.78 Å². The van der Waals surface area contributed by atoms with E-state index < -0.39 is 18.0 Å². The minimum absolute atomic E-state index is 0.203. The van der Waals surface area contributed by atoms with Gasteiger partial charge in [-0.15, -0.1) is 0 Å². The molecule has 0 aromatic heterocycles. The summed E-state index contributed by atoms with van der Waals surface area (Å²) in [5, 5.41) is 0.985. The molecule has 0 amide bonds. The van der Waals surface area contributed by atoms with Crippen LogP contribution in [0.1, 0.15) is 19.3 Å². The summed E-state index contributed by atoms with van der Waals surface area (Å²) in [5.41, 5.74) is 0. The second kappa shape index (κ2) is 3.63. The Bertz CT molecular complexity index is 204. The van der Waals surface area contributed by atoms with Crippen molar-refractivity contribution in [1.82, 2.24) is 5.01 Å². The van der Waals surface area contributed by atoms with Crippen LogP contribution >= 0.6 is 0 Å². The fraction of sp³-hybridized carbons (Fsp3) is 0.857. The SMILES string of the molecule is NN1CCCCC1C(=O)C(F)(F)F. The highest BCUT2D eigenvalue weighted by atomic mass is 19.4. The number of carbonyl (C=O) groups is 1. The number of hydrazine groups is 1. The summed E-state index contributed by atoms with van der Waals surface area (Å²) in [7, 11) is 0. The summed E-state index contributed by atoms with van der Waals surface area (Å²) in [6, 6.07) is -1.17. The van der Waals surface area contributed by atoms with Gasteiger partial charge >= 0.3 is 6.18 Å². The molecular formula is C7H11F3N2O. The van der Waals surface area contributed by atoms with Gasteiger partial charge in [0.15, 0.2) is 0 Å². The highest BCUT2D eigenvalue weighted by Gasteiger charge is 2.45. The second-order valence-electron chi connectivity index (χ2n) is 3.11. The maximum Gasteiger partial charge on any atom is 0.451 e. The van der Waals surface area contributed by atoms with Gasteiger partial charge < -0.3 is 0 Å². The van der Waals surface area contributed by atoms with E-state index in [1.165, 1.54) is 0 Å².